The number of hydrogen-bond donors (Lipinski definition) is 0. The highest BCUT2D eigenvalue weighted by molar-refractivity contribution is 9.10. The summed E-state index contributed by atoms with van der Waals surface area (Å²) >= 11 is 3.47. The lowest BCUT2D eigenvalue weighted by Crippen LogP contribution is -2.11. The van der Waals surface area contributed by atoms with Gasteiger partial charge >= 0.3 is 5.97 Å². The van der Waals surface area contributed by atoms with Crippen LogP contribution in [0.5, 0.6) is 0 Å². The van der Waals surface area contributed by atoms with Crippen LogP contribution in [0.1, 0.15) is 46.1 Å². The zero-order chi connectivity index (χ0) is 19.4. The summed E-state index contributed by atoms with van der Waals surface area (Å²) in [6.07, 6.45) is 3.57. The molecule has 0 bridgehead atoms. The number of pyridine rings is 1. The summed E-state index contributed by atoms with van der Waals surface area (Å²) in [5.74, 6) is -0.279. The molecule has 0 unspecified atom stereocenters. The molecule has 0 radical (unpaired) electrons. The van der Waals surface area contributed by atoms with Crippen LogP contribution in [0.4, 0.5) is 0 Å². The third-order valence-electron chi connectivity index (χ3n) is 4.86. The maximum atomic E-state index is 12.5. The molecule has 0 fully saturated rings. The van der Waals surface area contributed by atoms with Crippen molar-refractivity contribution in [2.75, 3.05) is 7.11 Å². The fraction of sp³-hybridized carbons (Fsp3) is 0.304. The number of carbonyl (C=O) groups is 1. The van der Waals surface area contributed by atoms with E-state index >= 15 is 0 Å². The average Bonchev–Trinajstić information content (AvgIpc) is 2.68. The van der Waals surface area contributed by atoms with Gasteiger partial charge in [-0.05, 0) is 68.0 Å². The summed E-state index contributed by atoms with van der Waals surface area (Å²) < 4.78 is 6.19. The van der Waals surface area contributed by atoms with Crippen LogP contribution in [0.15, 0.2) is 46.9 Å². The Bertz CT molecular complexity index is 964. The van der Waals surface area contributed by atoms with Crippen molar-refractivity contribution < 1.29 is 9.53 Å². The molecule has 0 aliphatic carbocycles. The van der Waals surface area contributed by atoms with Crippen molar-refractivity contribution in [2.24, 2.45) is 0 Å². The number of rotatable bonds is 6. The second-order valence-electron chi connectivity index (χ2n) is 6.76. The fourth-order valence-corrected chi connectivity index (χ4v) is 3.77. The van der Waals surface area contributed by atoms with Crippen LogP contribution in [0.3, 0.4) is 0 Å². The van der Waals surface area contributed by atoms with Crippen molar-refractivity contribution in [1.82, 2.24) is 4.98 Å². The molecular formula is C23H24BrNO2. The highest BCUT2D eigenvalue weighted by atomic mass is 79.9. The van der Waals surface area contributed by atoms with Crippen LogP contribution < -0.4 is 0 Å². The van der Waals surface area contributed by atoms with E-state index in [1.54, 1.807) is 0 Å². The average molecular weight is 426 g/mol. The Balaban J connectivity index is 1.95. The molecule has 0 atom stereocenters. The maximum absolute atomic E-state index is 12.5. The Kier molecular flexibility index (Phi) is 6.27. The van der Waals surface area contributed by atoms with Gasteiger partial charge in [0.2, 0.25) is 0 Å². The second kappa shape index (κ2) is 8.66. The number of esters is 1. The van der Waals surface area contributed by atoms with Gasteiger partial charge in [-0.25, -0.2) is 4.79 Å². The standard InChI is InChI=1S/C23H24BrNO2/c1-4-18-20(7-5-6-16-9-11-17(24)12-10-16)25-21-13-8-15(2)14-19(21)22(18)23(26)27-3/h8-14H,4-7H2,1-3H3. The van der Waals surface area contributed by atoms with E-state index < -0.39 is 0 Å². The smallest absolute Gasteiger partial charge is 0.338 e. The first-order valence-corrected chi connectivity index (χ1v) is 10.1. The van der Waals surface area contributed by atoms with Crippen molar-refractivity contribution in [3.05, 3.63) is 74.9 Å². The number of methoxy groups -OCH3 is 1. The molecule has 0 saturated carbocycles. The Morgan fingerprint density at radius 1 is 1.11 bits per heavy atom. The van der Waals surface area contributed by atoms with E-state index in [9.17, 15) is 4.79 Å². The summed E-state index contributed by atoms with van der Waals surface area (Å²) in [7, 11) is 1.44. The topological polar surface area (TPSA) is 39.2 Å². The minimum absolute atomic E-state index is 0.279. The highest BCUT2D eigenvalue weighted by Gasteiger charge is 2.20. The van der Waals surface area contributed by atoms with Crippen molar-refractivity contribution in [3.8, 4) is 0 Å². The van der Waals surface area contributed by atoms with Crippen molar-refractivity contribution >= 4 is 32.8 Å². The Morgan fingerprint density at radius 3 is 2.52 bits per heavy atom. The molecule has 27 heavy (non-hydrogen) atoms. The normalized spacial score (nSPS) is 11.0. The molecule has 0 N–H and O–H groups in total. The molecule has 1 heterocycles. The van der Waals surface area contributed by atoms with Gasteiger partial charge in [-0.15, -0.1) is 0 Å². The van der Waals surface area contributed by atoms with Gasteiger partial charge in [0.05, 0.1) is 18.2 Å². The number of carbonyl (C=O) groups excluding carboxylic acids is 1. The number of aromatic nitrogens is 1. The molecule has 0 aliphatic rings. The number of hydrogen-bond acceptors (Lipinski definition) is 3. The van der Waals surface area contributed by atoms with Gasteiger partial charge in [0.1, 0.15) is 0 Å². The molecule has 0 saturated heterocycles. The number of aryl methyl sites for hydroxylation is 3. The Hall–Kier alpha value is -2.20. The number of ether oxygens (including phenoxy) is 1. The van der Waals surface area contributed by atoms with Gasteiger partial charge < -0.3 is 4.74 Å². The van der Waals surface area contributed by atoms with E-state index in [0.29, 0.717) is 5.56 Å². The molecule has 3 nitrogen and oxygen atoms in total. The van der Waals surface area contributed by atoms with E-state index in [4.69, 9.17) is 9.72 Å². The molecule has 0 amide bonds. The van der Waals surface area contributed by atoms with Crippen molar-refractivity contribution in [3.63, 3.8) is 0 Å². The molecule has 140 valence electrons. The quantitative estimate of drug-likeness (QED) is 0.466. The summed E-state index contributed by atoms with van der Waals surface area (Å²) in [6, 6.07) is 14.5. The predicted molar refractivity (Wildman–Crippen MR) is 113 cm³/mol. The maximum Gasteiger partial charge on any atom is 0.338 e. The van der Waals surface area contributed by atoms with Gasteiger partial charge in [-0.1, -0.05) is 46.6 Å². The molecule has 4 heteroatoms. The van der Waals surface area contributed by atoms with Gasteiger partial charge in [0.25, 0.3) is 0 Å². The third-order valence-corrected chi connectivity index (χ3v) is 5.39. The zero-order valence-electron chi connectivity index (χ0n) is 16.0. The molecule has 0 aliphatic heterocycles. The van der Waals surface area contributed by atoms with Gasteiger partial charge in [0.15, 0.2) is 0 Å². The van der Waals surface area contributed by atoms with Gasteiger partial charge in [0, 0.05) is 15.6 Å². The number of nitrogens with zero attached hydrogens (tertiary/aromatic N) is 1. The van der Waals surface area contributed by atoms with E-state index in [1.165, 1.54) is 12.7 Å². The first kappa shape index (κ1) is 19.6. The molecule has 1 aromatic heterocycles. The highest BCUT2D eigenvalue weighted by Crippen LogP contribution is 2.27. The SMILES string of the molecule is CCc1c(CCCc2ccc(Br)cc2)nc2ccc(C)cc2c1C(=O)OC. The van der Waals surface area contributed by atoms with E-state index in [0.717, 1.165) is 57.9 Å². The van der Waals surface area contributed by atoms with E-state index in [2.05, 4.69) is 47.1 Å². The van der Waals surface area contributed by atoms with E-state index in [-0.39, 0.29) is 5.97 Å². The van der Waals surface area contributed by atoms with Crippen LogP contribution >= 0.6 is 15.9 Å². The monoisotopic (exact) mass is 425 g/mol. The minimum Gasteiger partial charge on any atom is -0.465 e. The first-order valence-electron chi connectivity index (χ1n) is 9.28. The summed E-state index contributed by atoms with van der Waals surface area (Å²) in [4.78, 5) is 17.4. The van der Waals surface area contributed by atoms with Crippen LogP contribution in [0, 0.1) is 6.92 Å². The van der Waals surface area contributed by atoms with Crippen LogP contribution in [-0.4, -0.2) is 18.1 Å². The Morgan fingerprint density at radius 2 is 1.85 bits per heavy atom. The largest absolute Gasteiger partial charge is 0.465 e. The van der Waals surface area contributed by atoms with Gasteiger partial charge in [-0.3, -0.25) is 4.98 Å². The molecule has 2 aromatic carbocycles. The lowest BCUT2D eigenvalue weighted by Gasteiger charge is -2.15. The molecule has 0 spiro atoms. The van der Waals surface area contributed by atoms with Gasteiger partial charge in [-0.2, -0.15) is 0 Å². The van der Waals surface area contributed by atoms with Crippen LogP contribution in [0.2, 0.25) is 0 Å². The van der Waals surface area contributed by atoms with Crippen molar-refractivity contribution in [1.29, 1.82) is 0 Å². The summed E-state index contributed by atoms with van der Waals surface area (Å²) in [5, 5.41) is 0.885. The number of fused-ring (bicyclic) bond motifs is 1. The fourth-order valence-electron chi connectivity index (χ4n) is 3.50. The molecule has 3 rings (SSSR count). The van der Waals surface area contributed by atoms with Crippen LogP contribution in [0.25, 0.3) is 10.9 Å². The summed E-state index contributed by atoms with van der Waals surface area (Å²) in [5.41, 5.74) is 5.96. The Labute approximate surface area is 168 Å². The lowest BCUT2D eigenvalue weighted by molar-refractivity contribution is 0.0601. The second-order valence-corrected chi connectivity index (χ2v) is 7.67. The third kappa shape index (κ3) is 4.38. The minimum atomic E-state index is -0.279. The van der Waals surface area contributed by atoms with Crippen LogP contribution in [-0.2, 0) is 24.0 Å². The number of halogens is 1. The first-order chi connectivity index (χ1) is 13.0. The molecular weight excluding hydrogens is 402 g/mol. The van der Waals surface area contributed by atoms with E-state index in [1.807, 2.05) is 25.1 Å². The lowest BCUT2D eigenvalue weighted by atomic mass is 9.95. The predicted octanol–water partition coefficient (Wildman–Crippen LogP) is 5.83. The zero-order valence-corrected chi connectivity index (χ0v) is 17.6. The summed E-state index contributed by atoms with van der Waals surface area (Å²) in [6.45, 7) is 4.10. The van der Waals surface area contributed by atoms with Crippen molar-refractivity contribution in [2.45, 2.75) is 39.5 Å². The molecule has 3 aromatic rings. The number of benzene rings is 2.